The van der Waals surface area contributed by atoms with Gasteiger partial charge in [-0.1, -0.05) is 80.1 Å². The van der Waals surface area contributed by atoms with E-state index in [0.717, 1.165) is 43.5 Å². The van der Waals surface area contributed by atoms with Gasteiger partial charge >= 0.3 is 0 Å². The van der Waals surface area contributed by atoms with Crippen molar-refractivity contribution in [2.75, 3.05) is 11.9 Å². The highest BCUT2D eigenvalue weighted by Crippen LogP contribution is 2.27. The highest BCUT2D eigenvalue weighted by atomic mass is 16.5. The standard InChI is InChI=1S/C18H21NO2.C8H11N/c1-2-3-7-15-10-11-18(17(12-15)19-14-20)21-13-16-8-5-4-6-9-16;9-7-6-8-4-2-1-3-5-8/h4-6,8-12,14H,2-3,7,13H2,1H3,(H,19,20);1-5H,6-7,9H2. The van der Waals surface area contributed by atoms with Crippen molar-refractivity contribution in [2.24, 2.45) is 5.73 Å². The molecule has 30 heavy (non-hydrogen) atoms. The average molecular weight is 405 g/mol. The number of aryl methyl sites for hydroxylation is 1. The number of hydrogen-bond donors (Lipinski definition) is 2. The Hall–Kier alpha value is -3.11. The van der Waals surface area contributed by atoms with Gasteiger partial charge in [-0.05, 0) is 54.6 Å². The van der Waals surface area contributed by atoms with Crippen molar-refractivity contribution in [3.8, 4) is 5.75 Å². The summed E-state index contributed by atoms with van der Waals surface area (Å²) in [5, 5.41) is 2.72. The number of carbonyl (C=O) groups excluding carboxylic acids is 1. The summed E-state index contributed by atoms with van der Waals surface area (Å²) in [6.07, 6.45) is 4.99. The maximum Gasteiger partial charge on any atom is 0.211 e. The largest absolute Gasteiger partial charge is 0.487 e. The van der Waals surface area contributed by atoms with Gasteiger partial charge in [0.2, 0.25) is 6.41 Å². The van der Waals surface area contributed by atoms with Crippen molar-refractivity contribution in [1.82, 2.24) is 0 Å². The monoisotopic (exact) mass is 404 g/mol. The zero-order chi connectivity index (χ0) is 21.4. The first-order valence-corrected chi connectivity index (χ1v) is 10.5. The number of amides is 1. The summed E-state index contributed by atoms with van der Waals surface area (Å²) in [4.78, 5) is 10.8. The van der Waals surface area contributed by atoms with Crippen molar-refractivity contribution in [1.29, 1.82) is 0 Å². The fourth-order valence-electron chi connectivity index (χ4n) is 2.96. The van der Waals surface area contributed by atoms with Gasteiger partial charge in [-0.2, -0.15) is 0 Å². The van der Waals surface area contributed by atoms with Crippen LogP contribution in [-0.2, 0) is 24.2 Å². The molecule has 0 aliphatic rings. The van der Waals surface area contributed by atoms with E-state index in [9.17, 15) is 4.79 Å². The van der Waals surface area contributed by atoms with Crippen molar-refractivity contribution >= 4 is 12.1 Å². The number of hydrogen-bond acceptors (Lipinski definition) is 3. The molecule has 3 rings (SSSR count). The molecule has 0 spiro atoms. The molecular weight excluding hydrogens is 372 g/mol. The Morgan fingerprint density at radius 3 is 2.13 bits per heavy atom. The van der Waals surface area contributed by atoms with Crippen LogP contribution in [0.2, 0.25) is 0 Å². The second-order valence-corrected chi connectivity index (χ2v) is 6.99. The molecule has 3 aromatic rings. The van der Waals surface area contributed by atoms with Crippen molar-refractivity contribution in [3.05, 3.63) is 95.6 Å². The highest BCUT2D eigenvalue weighted by Gasteiger charge is 2.05. The van der Waals surface area contributed by atoms with E-state index in [1.165, 1.54) is 11.1 Å². The lowest BCUT2D eigenvalue weighted by molar-refractivity contribution is -0.105. The van der Waals surface area contributed by atoms with E-state index < -0.39 is 0 Å². The Balaban J connectivity index is 0.000000297. The SMILES string of the molecule is CCCCc1ccc(OCc2ccccc2)c(NC=O)c1.NCCc1ccccc1. The molecule has 1 amide bonds. The van der Waals surface area contributed by atoms with Crippen molar-refractivity contribution in [3.63, 3.8) is 0 Å². The molecule has 0 unspecified atom stereocenters. The molecule has 4 nitrogen and oxygen atoms in total. The quantitative estimate of drug-likeness (QED) is 0.447. The van der Waals surface area contributed by atoms with Gasteiger partial charge in [0.05, 0.1) is 5.69 Å². The summed E-state index contributed by atoms with van der Waals surface area (Å²) >= 11 is 0. The maximum atomic E-state index is 10.8. The Bertz CT molecular complexity index is 851. The molecule has 0 bridgehead atoms. The number of rotatable bonds is 10. The first kappa shape index (κ1) is 23.2. The van der Waals surface area contributed by atoms with Gasteiger partial charge in [0.1, 0.15) is 12.4 Å². The second-order valence-electron chi connectivity index (χ2n) is 6.99. The van der Waals surface area contributed by atoms with Gasteiger partial charge in [0, 0.05) is 0 Å². The molecule has 3 N–H and O–H groups in total. The molecule has 0 fully saturated rings. The van der Waals surface area contributed by atoms with Gasteiger partial charge in [0.15, 0.2) is 0 Å². The highest BCUT2D eigenvalue weighted by molar-refractivity contribution is 5.75. The van der Waals surface area contributed by atoms with E-state index in [0.29, 0.717) is 18.8 Å². The first-order valence-electron chi connectivity index (χ1n) is 10.5. The molecule has 4 heteroatoms. The van der Waals surface area contributed by atoms with Crippen LogP contribution in [0.25, 0.3) is 0 Å². The van der Waals surface area contributed by atoms with Crippen LogP contribution in [0.3, 0.4) is 0 Å². The lowest BCUT2D eigenvalue weighted by Gasteiger charge is -2.12. The lowest BCUT2D eigenvalue weighted by atomic mass is 10.1. The minimum atomic E-state index is 0.489. The number of unbranched alkanes of at least 4 members (excludes halogenated alkanes) is 1. The second kappa shape index (κ2) is 14.0. The molecule has 0 atom stereocenters. The number of benzene rings is 3. The molecule has 0 heterocycles. The molecular formula is C26H32N2O2. The smallest absolute Gasteiger partial charge is 0.211 e. The van der Waals surface area contributed by atoms with Crippen LogP contribution in [0.4, 0.5) is 5.69 Å². The number of nitrogens with two attached hydrogens (primary N) is 1. The van der Waals surface area contributed by atoms with E-state index in [2.05, 4.69) is 30.4 Å². The third-order valence-corrected chi connectivity index (χ3v) is 4.59. The van der Waals surface area contributed by atoms with Gasteiger partial charge in [-0.25, -0.2) is 0 Å². The van der Waals surface area contributed by atoms with Crippen LogP contribution in [0.1, 0.15) is 36.5 Å². The van der Waals surface area contributed by atoms with Gasteiger partial charge in [0.25, 0.3) is 0 Å². The molecule has 0 aliphatic carbocycles. The molecule has 0 radical (unpaired) electrons. The summed E-state index contributed by atoms with van der Waals surface area (Å²) in [5.74, 6) is 0.700. The van der Waals surface area contributed by atoms with Gasteiger partial charge in [-0.15, -0.1) is 0 Å². The number of carbonyl (C=O) groups is 1. The number of ether oxygens (including phenoxy) is 1. The maximum absolute atomic E-state index is 10.8. The van der Waals surface area contributed by atoms with Gasteiger partial charge in [-0.3, -0.25) is 4.79 Å². The Kier molecular flexibility index (Phi) is 10.8. The van der Waals surface area contributed by atoms with E-state index in [1.807, 2.05) is 60.7 Å². The fraction of sp³-hybridized carbons (Fsp3) is 0.269. The molecule has 158 valence electrons. The fourth-order valence-corrected chi connectivity index (χ4v) is 2.96. The summed E-state index contributed by atoms with van der Waals surface area (Å²) in [6.45, 7) is 3.40. The summed E-state index contributed by atoms with van der Waals surface area (Å²) < 4.78 is 5.81. The van der Waals surface area contributed by atoms with Crippen LogP contribution in [-0.4, -0.2) is 13.0 Å². The van der Waals surface area contributed by atoms with Crippen LogP contribution in [0.15, 0.2) is 78.9 Å². The molecule has 0 aliphatic heterocycles. The summed E-state index contributed by atoms with van der Waals surface area (Å²) in [5.41, 5.74) is 9.73. The predicted octanol–water partition coefficient (Wildman–Crippen LogP) is 5.36. The molecule has 0 aromatic heterocycles. The summed E-state index contributed by atoms with van der Waals surface area (Å²) in [7, 11) is 0. The zero-order valence-electron chi connectivity index (χ0n) is 17.7. The Morgan fingerprint density at radius 2 is 1.53 bits per heavy atom. The van der Waals surface area contributed by atoms with E-state index in [1.54, 1.807) is 0 Å². The molecule has 0 saturated carbocycles. The third-order valence-electron chi connectivity index (χ3n) is 4.59. The van der Waals surface area contributed by atoms with E-state index >= 15 is 0 Å². The van der Waals surface area contributed by atoms with Crippen molar-refractivity contribution in [2.45, 2.75) is 39.2 Å². The number of nitrogens with one attached hydrogen (secondary N) is 1. The van der Waals surface area contributed by atoms with E-state index in [4.69, 9.17) is 10.5 Å². The van der Waals surface area contributed by atoms with Crippen LogP contribution in [0.5, 0.6) is 5.75 Å². The average Bonchev–Trinajstić information content (AvgIpc) is 2.79. The van der Waals surface area contributed by atoms with Crippen molar-refractivity contribution < 1.29 is 9.53 Å². The molecule has 3 aromatic carbocycles. The Labute approximate surface area is 180 Å². The van der Waals surface area contributed by atoms with Crippen LogP contribution < -0.4 is 15.8 Å². The number of anilines is 1. The van der Waals surface area contributed by atoms with Gasteiger partial charge < -0.3 is 15.8 Å². The lowest BCUT2D eigenvalue weighted by Crippen LogP contribution is -2.02. The van der Waals surface area contributed by atoms with Crippen LogP contribution in [0, 0.1) is 0 Å². The topological polar surface area (TPSA) is 64.3 Å². The summed E-state index contributed by atoms with van der Waals surface area (Å²) in [6, 6.07) is 26.2. The molecule has 0 saturated heterocycles. The zero-order valence-corrected chi connectivity index (χ0v) is 17.7. The Morgan fingerprint density at radius 1 is 0.867 bits per heavy atom. The van der Waals surface area contributed by atoms with Crippen LogP contribution >= 0.6 is 0 Å². The predicted molar refractivity (Wildman–Crippen MR) is 125 cm³/mol. The minimum absolute atomic E-state index is 0.489. The normalized spacial score (nSPS) is 9.93. The van der Waals surface area contributed by atoms with E-state index in [-0.39, 0.29) is 0 Å². The first-order chi connectivity index (χ1) is 14.8. The minimum Gasteiger partial charge on any atom is -0.487 e. The third kappa shape index (κ3) is 8.50.